The molecule has 2 rings (SSSR count). The number of pyridine rings is 1. The van der Waals surface area contributed by atoms with Gasteiger partial charge in [-0.15, -0.1) is 0 Å². The molecule has 13 heavy (non-hydrogen) atoms. The highest BCUT2D eigenvalue weighted by atomic mass is 79.9. The van der Waals surface area contributed by atoms with Crippen LogP contribution in [0.4, 0.5) is 0 Å². The number of fused-ring (bicyclic) bond motifs is 1. The maximum atomic E-state index is 11.1. The van der Waals surface area contributed by atoms with E-state index in [-0.39, 0.29) is 5.91 Å². The Bertz CT molecular complexity index is 477. The highest BCUT2D eigenvalue weighted by Gasteiger charge is 2.10. The fourth-order valence-corrected chi connectivity index (χ4v) is 1.62. The maximum Gasteiger partial charge on any atom is 0.244 e. The zero-order chi connectivity index (χ0) is 9.42. The van der Waals surface area contributed by atoms with E-state index in [2.05, 4.69) is 26.0 Å². The van der Waals surface area contributed by atoms with Crippen molar-refractivity contribution in [1.29, 1.82) is 0 Å². The van der Waals surface area contributed by atoms with Crippen LogP contribution in [-0.2, 0) is 0 Å². The quantitative estimate of drug-likeness (QED) is 0.706. The first-order valence-electron chi connectivity index (χ1n) is 3.70. The van der Waals surface area contributed by atoms with Crippen LogP contribution in [0.25, 0.3) is 11.0 Å². The smallest absolute Gasteiger partial charge is 0.244 e. The van der Waals surface area contributed by atoms with Crippen molar-refractivity contribution < 1.29 is 4.79 Å². The summed E-state index contributed by atoms with van der Waals surface area (Å²) in [5.74, 6) is -0.122. The van der Waals surface area contributed by atoms with Crippen LogP contribution in [-0.4, -0.2) is 20.7 Å². The van der Waals surface area contributed by atoms with Gasteiger partial charge in [0.2, 0.25) is 5.91 Å². The minimum atomic E-state index is -0.122. The number of carbonyl (C=O) groups excluding carboxylic acids is 1. The average Bonchev–Trinajstić information content (AvgIpc) is 2.45. The molecule has 66 valence electrons. The Labute approximate surface area is 82.7 Å². The van der Waals surface area contributed by atoms with E-state index < -0.39 is 0 Å². The van der Waals surface area contributed by atoms with Crippen LogP contribution in [0.2, 0.25) is 0 Å². The number of hydrogen-bond acceptors (Lipinski definition) is 3. The van der Waals surface area contributed by atoms with Crippen molar-refractivity contribution in [3.05, 3.63) is 22.9 Å². The third-order valence-electron chi connectivity index (χ3n) is 1.70. The molecule has 0 aliphatic rings. The summed E-state index contributed by atoms with van der Waals surface area (Å²) < 4.78 is 1.92. The van der Waals surface area contributed by atoms with Crippen molar-refractivity contribution in [2.24, 2.45) is 0 Å². The van der Waals surface area contributed by atoms with E-state index in [0.29, 0.717) is 10.1 Å². The number of hydrogen-bond donors (Lipinski definition) is 0. The predicted octanol–water partition coefficient (Wildman–Crippen LogP) is 1.85. The molecule has 0 aromatic carbocycles. The third kappa shape index (κ3) is 1.25. The maximum absolute atomic E-state index is 11.1. The van der Waals surface area contributed by atoms with Gasteiger partial charge in [0.05, 0.1) is 5.52 Å². The molecule has 0 fully saturated rings. The van der Waals surface area contributed by atoms with Crippen molar-refractivity contribution in [2.45, 2.75) is 6.92 Å². The summed E-state index contributed by atoms with van der Waals surface area (Å²) in [5.41, 5.74) is 1.43. The average molecular weight is 240 g/mol. The lowest BCUT2D eigenvalue weighted by Crippen LogP contribution is -2.06. The molecule has 0 bridgehead atoms. The molecule has 0 N–H and O–H groups in total. The SMILES string of the molecule is CC(=O)n1nc(Br)c2ncccc21. The van der Waals surface area contributed by atoms with Gasteiger partial charge in [0.25, 0.3) is 0 Å². The minimum Gasteiger partial charge on any atom is -0.273 e. The molecule has 0 amide bonds. The van der Waals surface area contributed by atoms with Crippen LogP contribution in [0.1, 0.15) is 11.7 Å². The lowest BCUT2D eigenvalue weighted by atomic mass is 10.4. The molecule has 0 spiro atoms. The van der Waals surface area contributed by atoms with E-state index in [1.54, 1.807) is 12.3 Å². The third-order valence-corrected chi connectivity index (χ3v) is 2.23. The van der Waals surface area contributed by atoms with Gasteiger partial charge < -0.3 is 0 Å². The summed E-state index contributed by atoms with van der Waals surface area (Å²) in [6, 6.07) is 3.58. The molecule has 0 aliphatic heterocycles. The van der Waals surface area contributed by atoms with E-state index in [1.807, 2.05) is 6.07 Å². The standard InChI is InChI=1S/C8H6BrN3O/c1-5(13)12-6-3-2-4-10-7(6)8(9)11-12/h2-4H,1H3. The largest absolute Gasteiger partial charge is 0.273 e. The lowest BCUT2D eigenvalue weighted by Gasteiger charge is -1.93. The molecule has 4 nitrogen and oxygen atoms in total. The molecule has 0 saturated carbocycles. The zero-order valence-corrected chi connectivity index (χ0v) is 8.45. The summed E-state index contributed by atoms with van der Waals surface area (Å²) in [6.45, 7) is 1.46. The Morgan fingerprint density at radius 1 is 1.62 bits per heavy atom. The summed E-state index contributed by atoms with van der Waals surface area (Å²) in [5, 5.41) is 4.01. The van der Waals surface area contributed by atoms with Gasteiger partial charge in [-0.3, -0.25) is 9.78 Å². The first-order valence-corrected chi connectivity index (χ1v) is 4.49. The summed E-state index contributed by atoms with van der Waals surface area (Å²) in [4.78, 5) is 15.2. The first kappa shape index (κ1) is 8.37. The molecule has 0 aliphatic carbocycles. The molecule has 0 unspecified atom stereocenters. The van der Waals surface area contributed by atoms with Crippen molar-refractivity contribution in [1.82, 2.24) is 14.8 Å². The molecular weight excluding hydrogens is 234 g/mol. The molecule has 0 saturated heterocycles. The highest BCUT2D eigenvalue weighted by Crippen LogP contribution is 2.19. The topological polar surface area (TPSA) is 47.8 Å². The normalized spacial score (nSPS) is 10.6. The first-order chi connectivity index (χ1) is 6.20. The monoisotopic (exact) mass is 239 g/mol. The summed E-state index contributed by atoms with van der Waals surface area (Å²) >= 11 is 3.24. The lowest BCUT2D eigenvalue weighted by molar-refractivity contribution is 0.0926. The van der Waals surface area contributed by atoms with Crippen molar-refractivity contribution in [2.75, 3.05) is 0 Å². The fraction of sp³-hybridized carbons (Fsp3) is 0.125. The van der Waals surface area contributed by atoms with Gasteiger partial charge in [0, 0.05) is 13.1 Å². The van der Waals surface area contributed by atoms with Gasteiger partial charge in [-0.1, -0.05) is 0 Å². The van der Waals surface area contributed by atoms with Gasteiger partial charge in [0.1, 0.15) is 5.52 Å². The van der Waals surface area contributed by atoms with Crippen molar-refractivity contribution >= 4 is 32.9 Å². The highest BCUT2D eigenvalue weighted by molar-refractivity contribution is 9.10. The van der Waals surface area contributed by atoms with Crippen LogP contribution in [0.3, 0.4) is 0 Å². The number of nitrogens with zero attached hydrogens (tertiary/aromatic N) is 3. The second-order valence-electron chi connectivity index (χ2n) is 2.59. The molecule has 5 heteroatoms. The minimum absolute atomic E-state index is 0.122. The van der Waals surface area contributed by atoms with Crippen molar-refractivity contribution in [3.63, 3.8) is 0 Å². The van der Waals surface area contributed by atoms with Gasteiger partial charge in [0.15, 0.2) is 4.60 Å². The van der Waals surface area contributed by atoms with E-state index in [4.69, 9.17) is 0 Å². The second-order valence-corrected chi connectivity index (χ2v) is 3.34. The Balaban J connectivity index is 2.85. The Kier molecular flexibility index (Phi) is 1.88. The van der Waals surface area contributed by atoms with Crippen molar-refractivity contribution in [3.8, 4) is 0 Å². The number of rotatable bonds is 0. The van der Waals surface area contributed by atoms with Gasteiger partial charge in [-0.25, -0.2) is 0 Å². The number of aromatic nitrogens is 3. The fourth-order valence-electron chi connectivity index (χ4n) is 1.16. The number of carbonyl (C=O) groups is 1. The molecule has 2 aromatic rings. The van der Waals surface area contributed by atoms with Gasteiger partial charge in [-0.2, -0.15) is 9.78 Å². The predicted molar refractivity (Wildman–Crippen MR) is 51.5 cm³/mol. The summed E-state index contributed by atoms with van der Waals surface area (Å²) in [6.07, 6.45) is 1.67. The molecule has 2 aromatic heterocycles. The summed E-state index contributed by atoms with van der Waals surface area (Å²) in [7, 11) is 0. The molecule has 0 radical (unpaired) electrons. The molecule has 2 heterocycles. The van der Waals surface area contributed by atoms with Crippen LogP contribution in [0.5, 0.6) is 0 Å². The second kappa shape index (κ2) is 2.92. The van der Waals surface area contributed by atoms with Crippen LogP contribution in [0, 0.1) is 0 Å². The van der Waals surface area contributed by atoms with Gasteiger partial charge in [-0.05, 0) is 28.1 Å². The molecule has 0 atom stereocenters. The van der Waals surface area contributed by atoms with Gasteiger partial charge >= 0.3 is 0 Å². The zero-order valence-electron chi connectivity index (χ0n) is 6.86. The Hall–Kier alpha value is -1.23. The van der Waals surface area contributed by atoms with E-state index in [9.17, 15) is 4.79 Å². The Morgan fingerprint density at radius 2 is 2.38 bits per heavy atom. The van der Waals surface area contributed by atoms with Crippen LogP contribution in [0.15, 0.2) is 22.9 Å². The van der Waals surface area contributed by atoms with Crippen LogP contribution < -0.4 is 0 Å². The van der Waals surface area contributed by atoms with E-state index >= 15 is 0 Å². The number of halogens is 1. The van der Waals surface area contributed by atoms with E-state index in [0.717, 1.165) is 5.52 Å². The van der Waals surface area contributed by atoms with Crippen LogP contribution >= 0.6 is 15.9 Å². The molecular formula is C8H6BrN3O. The van der Waals surface area contributed by atoms with E-state index in [1.165, 1.54) is 11.6 Å². The Morgan fingerprint density at radius 3 is 3.08 bits per heavy atom.